The van der Waals surface area contributed by atoms with Gasteiger partial charge in [0.1, 0.15) is 0 Å². The van der Waals surface area contributed by atoms with Crippen LogP contribution < -0.4 is 5.32 Å². The maximum atomic E-state index is 13.7. The number of aromatic carboxylic acids is 1. The lowest BCUT2D eigenvalue weighted by Crippen LogP contribution is -2.31. The van der Waals surface area contributed by atoms with E-state index in [1.165, 1.54) is 25.1 Å². The lowest BCUT2D eigenvalue weighted by Gasteiger charge is -2.39. The molecule has 0 unspecified atom stereocenters. The van der Waals surface area contributed by atoms with Gasteiger partial charge in [-0.3, -0.25) is 0 Å². The van der Waals surface area contributed by atoms with Crippen LogP contribution in [0.2, 0.25) is 0 Å². The second-order valence-corrected chi connectivity index (χ2v) is 7.12. The first kappa shape index (κ1) is 17.6. The van der Waals surface area contributed by atoms with Crippen molar-refractivity contribution < 1.29 is 23.1 Å². The molecular weight excluding hydrogens is 355 g/mol. The van der Waals surface area contributed by atoms with Crippen LogP contribution in [0.15, 0.2) is 48.6 Å². The van der Waals surface area contributed by atoms with Crippen molar-refractivity contribution in [2.24, 2.45) is 5.92 Å². The quantitative estimate of drug-likeness (QED) is 0.680. The van der Waals surface area contributed by atoms with Crippen LogP contribution in [0, 0.1) is 12.8 Å². The Kier molecular flexibility index (Phi) is 4.02. The summed E-state index contributed by atoms with van der Waals surface area (Å²) < 4.78 is 41.2. The lowest BCUT2D eigenvalue weighted by atomic mass is 9.74. The van der Waals surface area contributed by atoms with E-state index in [0.29, 0.717) is 17.7 Å². The molecule has 6 heteroatoms. The zero-order chi connectivity index (χ0) is 19.3. The van der Waals surface area contributed by atoms with Crippen molar-refractivity contribution in [3.05, 3.63) is 76.4 Å². The van der Waals surface area contributed by atoms with Crippen LogP contribution in [-0.4, -0.2) is 11.1 Å². The van der Waals surface area contributed by atoms with E-state index in [0.717, 1.165) is 5.56 Å². The number of carbonyl (C=O) groups is 1. The first-order chi connectivity index (χ1) is 12.8. The van der Waals surface area contributed by atoms with E-state index in [-0.39, 0.29) is 29.0 Å². The Labute approximate surface area is 154 Å². The number of allylic oxidation sites excluding steroid dienone is 2. The highest BCUT2D eigenvalue weighted by atomic mass is 19.4. The van der Waals surface area contributed by atoms with Crippen molar-refractivity contribution >= 4 is 11.7 Å². The van der Waals surface area contributed by atoms with E-state index in [1.54, 1.807) is 18.2 Å². The molecule has 27 heavy (non-hydrogen) atoms. The first-order valence-electron chi connectivity index (χ1n) is 8.74. The number of anilines is 1. The van der Waals surface area contributed by atoms with Crippen LogP contribution in [0.3, 0.4) is 0 Å². The molecule has 3 nitrogen and oxygen atoms in total. The zero-order valence-corrected chi connectivity index (χ0v) is 14.5. The smallest absolute Gasteiger partial charge is 0.417 e. The highest BCUT2D eigenvalue weighted by Crippen LogP contribution is 2.53. The Bertz CT molecular complexity index is 932. The third kappa shape index (κ3) is 2.89. The molecule has 4 rings (SSSR count). The van der Waals surface area contributed by atoms with Crippen LogP contribution in [-0.2, 0) is 6.18 Å². The molecule has 0 fully saturated rings. The van der Waals surface area contributed by atoms with Gasteiger partial charge in [0.15, 0.2) is 0 Å². The van der Waals surface area contributed by atoms with Crippen molar-refractivity contribution in [1.29, 1.82) is 0 Å². The molecule has 2 aliphatic rings. The predicted octanol–water partition coefficient (Wildman–Crippen LogP) is 5.54. The molecule has 0 amide bonds. The van der Waals surface area contributed by atoms with Gasteiger partial charge in [0, 0.05) is 11.6 Å². The first-order valence-corrected chi connectivity index (χ1v) is 8.74. The van der Waals surface area contributed by atoms with Gasteiger partial charge >= 0.3 is 12.1 Å². The van der Waals surface area contributed by atoms with E-state index < -0.39 is 17.7 Å². The maximum absolute atomic E-state index is 13.7. The standard InChI is InChI=1S/C21H18F3NO2/c1-11-5-10-16-17(18(11)21(22,23)24)14-3-2-4-15(14)19(25-16)12-6-8-13(9-7-12)20(26)27/h2-3,5-10,14-15,19,25H,4H2,1H3,(H,26,27)/t14-,15+,19-/m1/s1. The van der Waals surface area contributed by atoms with Gasteiger partial charge in [0.05, 0.1) is 17.2 Å². The van der Waals surface area contributed by atoms with E-state index >= 15 is 0 Å². The molecule has 140 valence electrons. The highest BCUT2D eigenvalue weighted by molar-refractivity contribution is 5.87. The molecule has 0 spiro atoms. The number of carboxylic acids is 1. The lowest BCUT2D eigenvalue weighted by molar-refractivity contribution is -0.138. The van der Waals surface area contributed by atoms with Crippen molar-refractivity contribution in [1.82, 2.24) is 0 Å². The molecule has 1 aliphatic heterocycles. The molecule has 2 aromatic rings. The Hall–Kier alpha value is -2.76. The Morgan fingerprint density at radius 3 is 2.48 bits per heavy atom. The maximum Gasteiger partial charge on any atom is 0.417 e. The minimum Gasteiger partial charge on any atom is -0.478 e. The van der Waals surface area contributed by atoms with Crippen LogP contribution >= 0.6 is 0 Å². The zero-order valence-electron chi connectivity index (χ0n) is 14.5. The molecule has 0 bridgehead atoms. The molecule has 2 N–H and O–H groups in total. The third-order valence-electron chi connectivity index (χ3n) is 5.54. The van der Waals surface area contributed by atoms with Crippen molar-refractivity contribution in [3.8, 4) is 0 Å². The minimum atomic E-state index is -4.41. The molecule has 2 aromatic carbocycles. The molecule has 0 radical (unpaired) electrons. The van der Waals surface area contributed by atoms with Crippen molar-refractivity contribution in [2.45, 2.75) is 31.5 Å². The number of rotatable bonds is 2. The third-order valence-corrected chi connectivity index (χ3v) is 5.54. The van der Waals surface area contributed by atoms with Crippen LogP contribution in [0.25, 0.3) is 0 Å². The topological polar surface area (TPSA) is 49.3 Å². The SMILES string of the molecule is Cc1ccc2c(c1C(F)(F)F)[C@@H]1C=CC[C@@H]1[C@@H](c1ccc(C(=O)O)cc1)N2. The summed E-state index contributed by atoms with van der Waals surface area (Å²) in [5.74, 6) is -1.37. The van der Waals surface area contributed by atoms with Crippen LogP contribution in [0.4, 0.5) is 18.9 Å². The fourth-order valence-corrected chi connectivity index (χ4v) is 4.34. The number of alkyl halides is 3. The van der Waals surface area contributed by atoms with Crippen LogP contribution in [0.5, 0.6) is 0 Å². The van der Waals surface area contributed by atoms with Gasteiger partial charge in [-0.25, -0.2) is 4.79 Å². The average molecular weight is 373 g/mol. The van der Waals surface area contributed by atoms with E-state index in [1.807, 2.05) is 12.2 Å². The Morgan fingerprint density at radius 2 is 1.85 bits per heavy atom. The molecule has 3 atom stereocenters. The molecule has 0 saturated heterocycles. The summed E-state index contributed by atoms with van der Waals surface area (Å²) in [5, 5.41) is 12.4. The summed E-state index contributed by atoms with van der Waals surface area (Å²) in [6.07, 6.45) is 0.0760. The van der Waals surface area contributed by atoms with E-state index in [4.69, 9.17) is 5.11 Å². The highest BCUT2D eigenvalue weighted by Gasteiger charge is 2.44. The minimum absolute atomic E-state index is 0.0453. The number of hydrogen-bond acceptors (Lipinski definition) is 2. The number of carboxylic acid groups (broad SMARTS) is 1. The summed E-state index contributed by atoms with van der Waals surface area (Å²) in [7, 11) is 0. The van der Waals surface area contributed by atoms with E-state index in [9.17, 15) is 18.0 Å². The number of aryl methyl sites for hydroxylation is 1. The monoisotopic (exact) mass is 373 g/mol. The number of halogens is 3. The molecular formula is C21H18F3NO2. The fourth-order valence-electron chi connectivity index (χ4n) is 4.34. The summed E-state index contributed by atoms with van der Waals surface area (Å²) in [6.45, 7) is 1.49. The van der Waals surface area contributed by atoms with Crippen molar-refractivity contribution in [3.63, 3.8) is 0 Å². The average Bonchev–Trinajstić information content (AvgIpc) is 3.10. The summed E-state index contributed by atoms with van der Waals surface area (Å²) in [4.78, 5) is 11.1. The van der Waals surface area contributed by atoms with Gasteiger partial charge in [0.2, 0.25) is 0 Å². The predicted molar refractivity (Wildman–Crippen MR) is 95.9 cm³/mol. The Morgan fingerprint density at radius 1 is 1.15 bits per heavy atom. The second kappa shape index (κ2) is 6.15. The fraction of sp³-hybridized carbons (Fsp3) is 0.286. The van der Waals surface area contributed by atoms with Crippen molar-refractivity contribution in [2.75, 3.05) is 5.32 Å². The molecule has 0 saturated carbocycles. The van der Waals surface area contributed by atoms with Gasteiger partial charge in [-0.15, -0.1) is 0 Å². The number of hydrogen-bond donors (Lipinski definition) is 2. The normalized spacial score (nSPS) is 23.5. The van der Waals surface area contributed by atoms with Gasteiger partial charge in [-0.1, -0.05) is 30.4 Å². The van der Waals surface area contributed by atoms with Gasteiger partial charge in [-0.05, 0) is 54.2 Å². The van der Waals surface area contributed by atoms with Gasteiger partial charge in [0.25, 0.3) is 0 Å². The van der Waals surface area contributed by atoms with Gasteiger partial charge < -0.3 is 10.4 Å². The number of benzene rings is 2. The Balaban J connectivity index is 1.80. The summed E-state index contributed by atoms with van der Waals surface area (Å²) >= 11 is 0. The van der Waals surface area contributed by atoms with Gasteiger partial charge in [-0.2, -0.15) is 13.2 Å². The summed E-state index contributed by atoms with van der Waals surface area (Å²) in [5.41, 5.74) is 1.55. The number of nitrogens with one attached hydrogen (secondary N) is 1. The number of fused-ring (bicyclic) bond motifs is 3. The second-order valence-electron chi connectivity index (χ2n) is 7.12. The summed E-state index contributed by atoms with van der Waals surface area (Å²) in [6, 6.07) is 9.56. The molecule has 1 aliphatic carbocycles. The molecule has 0 aromatic heterocycles. The van der Waals surface area contributed by atoms with E-state index in [2.05, 4.69) is 5.32 Å². The molecule has 1 heterocycles. The van der Waals surface area contributed by atoms with Crippen LogP contribution in [0.1, 0.15) is 51.0 Å². The largest absolute Gasteiger partial charge is 0.478 e.